The van der Waals surface area contributed by atoms with E-state index in [1.807, 2.05) is 37.3 Å². The Bertz CT molecular complexity index is 527. The van der Waals surface area contributed by atoms with Crippen molar-refractivity contribution in [1.82, 2.24) is 10.2 Å². The van der Waals surface area contributed by atoms with Crippen LogP contribution in [0, 0.1) is 6.92 Å². The Morgan fingerprint density at radius 3 is 2.61 bits per heavy atom. The molecular formula is C12H13N3O2S. The summed E-state index contributed by atoms with van der Waals surface area (Å²) in [6, 6.07) is 9.31. The number of aromatic nitrogens is 2. The number of benzene rings is 1. The third-order valence-electron chi connectivity index (χ3n) is 2.33. The van der Waals surface area contributed by atoms with E-state index in [0.29, 0.717) is 5.13 Å². The van der Waals surface area contributed by atoms with Gasteiger partial charge in [0.1, 0.15) is 5.01 Å². The molecule has 2 rings (SSSR count). The molecule has 2 aromatic rings. The van der Waals surface area contributed by atoms with Gasteiger partial charge in [-0.1, -0.05) is 41.7 Å². The van der Waals surface area contributed by atoms with E-state index in [1.54, 1.807) is 0 Å². The number of rotatable bonds is 4. The summed E-state index contributed by atoms with van der Waals surface area (Å²) in [5.41, 5.74) is 0.804. The van der Waals surface area contributed by atoms with E-state index in [0.717, 1.165) is 10.6 Å². The number of carbonyl (C=O) groups excluding carboxylic acids is 1. The van der Waals surface area contributed by atoms with Gasteiger partial charge in [0.15, 0.2) is 6.10 Å². The minimum atomic E-state index is -0.643. The van der Waals surface area contributed by atoms with E-state index in [2.05, 4.69) is 15.5 Å². The summed E-state index contributed by atoms with van der Waals surface area (Å²) in [6.45, 7) is 1.83. The smallest absolute Gasteiger partial charge is 0.259 e. The molecule has 0 aliphatic heterocycles. The second-order valence-corrected chi connectivity index (χ2v) is 4.82. The molecule has 0 spiro atoms. The van der Waals surface area contributed by atoms with E-state index in [1.165, 1.54) is 18.4 Å². The quantitative estimate of drug-likeness (QED) is 0.918. The Morgan fingerprint density at radius 1 is 1.33 bits per heavy atom. The highest BCUT2D eigenvalue weighted by atomic mass is 32.1. The van der Waals surface area contributed by atoms with E-state index >= 15 is 0 Å². The van der Waals surface area contributed by atoms with Gasteiger partial charge in [-0.15, -0.1) is 10.2 Å². The number of aryl methyl sites for hydroxylation is 1. The number of hydrogen-bond donors (Lipinski definition) is 1. The van der Waals surface area contributed by atoms with Crippen molar-refractivity contribution < 1.29 is 9.53 Å². The van der Waals surface area contributed by atoms with Crippen LogP contribution in [0.1, 0.15) is 16.7 Å². The van der Waals surface area contributed by atoms with Crippen molar-refractivity contribution in [2.24, 2.45) is 0 Å². The Balaban J connectivity index is 2.11. The molecule has 0 saturated carbocycles. The van der Waals surface area contributed by atoms with Gasteiger partial charge in [0, 0.05) is 7.11 Å². The maximum atomic E-state index is 12.1. The van der Waals surface area contributed by atoms with Crippen molar-refractivity contribution >= 4 is 22.4 Å². The Kier molecular flexibility index (Phi) is 4.01. The van der Waals surface area contributed by atoms with Crippen LogP contribution < -0.4 is 5.32 Å². The number of ether oxygens (including phenoxy) is 1. The van der Waals surface area contributed by atoms with Crippen LogP contribution in [-0.2, 0) is 9.53 Å². The maximum absolute atomic E-state index is 12.1. The summed E-state index contributed by atoms with van der Waals surface area (Å²) in [6.07, 6.45) is -0.643. The summed E-state index contributed by atoms with van der Waals surface area (Å²) >= 11 is 1.33. The standard InChI is InChI=1S/C12H13N3O2S/c1-8-14-15-12(18-8)13-11(16)10(17-2)9-6-4-3-5-7-9/h3-7,10H,1-2H3,(H,13,15,16)/t10-/m0/s1. The molecule has 1 aromatic heterocycles. The first kappa shape index (κ1) is 12.7. The second-order valence-electron chi connectivity index (χ2n) is 3.64. The van der Waals surface area contributed by atoms with Crippen LogP contribution in [0.2, 0.25) is 0 Å². The molecule has 18 heavy (non-hydrogen) atoms. The molecule has 1 atom stereocenters. The highest BCUT2D eigenvalue weighted by Gasteiger charge is 2.20. The third kappa shape index (κ3) is 2.91. The molecule has 0 aliphatic carbocycles. The topological polar surface area (TPSA) is 64.1 Å². The summed E-state index contributed by atoms with van der Waals surface area (Å²) in [7, 11) is 1.50. The highest BCUT2D eigenvalue weighted by molar-refractivity contribution is 7.15. The lowest BCUT2D eigenvalue weighted by Crippen LogP contribution is -2.22. The van der Waals surface area contributed by atoms with Crippen molar-refractivity contribution in [2.75, 3.05) is 12.4 Å². The molecule has 94 valence electrons. The zero-order valence-corrected chi connectivity index (χ0v) is 10.9. The van der Waals surface area contributed by atoms with E-state index in [-0.39, 0.29) is 5.91 Å². The fraction of sp³-hybridized carbons (Fsp3) is 0.250. The fourth-order valence-corrected chi connectivity index (χ4v) is 2.14. The number of methoxy groups -OCH3 is 1. The van der Waals surface area contributed by atoms with Gasteiger partial charge in [0.05, 0.1) is 0 Å². The fourth-order valence-electron chi connectivity index (χ4n) is 1.54. The van der Waals surface area contributed by atoms with Crippen molar-refractivity contribution in [3.8, 4) is 0 Å². The van der Waals surface area contributed by atoms with Gasteiger partial charge in [-0.25, -0.2) is 0 Å². The van der Waals surface area contributed by atoms with Gasteiger partial charge < -0.3 is 4.74 Å². The second kappa shape index (κ2) is 5.70. The minimum Gasteiger partial charge on any atom is -0.367 e. The average molecular weight is 263 g/mol. The Labute approximate surface area is 109 Å². The highest BCUT2D eigenvalue weighted by Crippen LogP contribution is 2.20. The normalized spacial score (nSPS) is 12.1. The van der Waals surface area contributed by atoms with E-state index < -0.39 is 6.10 Å². The maximum Gasteiger partial charge on any atom is 0.259 e. The van der Waals surface area contributed by atoms with Gasteiger partial charge >= 0.3 is 0 Å². The molecule has 0 unspecified atom stereocenters. The van der Waals surface area contributed by atoms with Crippen molar-refractivity contribution in [2.45, 2.75) is 13.0 Å². The van der Waals surface area contributed by atoms with Crippen LogP contribution in [-0.4, -0.2) is 23.2 Å². The van der Waals surface area contributed by atoms with Gasteiger partial charge in [0.25, 0.3) is 5.91 Å². The van der Waals surface area contributed by atoms with Gasteiger partial charge in [-0.05, 0) is 12.5 Å². The number of nitrogens with one attached hydrogen (secondary N) is 1. The van der Waals surface area contributed by atoms with Crippen LogP contribution in [0.25, 0.3) is 0 Å². The van der Waals surface area contributed by atoms with E-state index in [9.17, 15) is 4.79 Å². The predicted molar refractivity (Wildman–Crippen MR) is 69.5 cm³/mol. The SMILES string of the molecule is CO[C@H](C(=O)Nc1nnc(C)s1)c1ccccc1. The summed E-state index contributed by atoms with van der Waals surface area (Å²) in [5, 5.41) is 11.7. The number of nitrogens with zero attached hydrogens (tertiary/aromatic N) is 2. The molecule has 1 heterocycles. The lowest BCUT2D eigenvalue weighted by molar-refractivity contribution is -0.126. The molecule has 1 aromatic carbocycles. The molecule has 0 fully saturated rings. The lowest BCUT2D eigenvalue weighted by Gasteiger charge is -2.14. The van der Waals surface area contributed by atoms with Crippen LogP contribution in [0.4, 0.5) is 5.13 Å². The number of amides is 1. The average Bonchev–Trinajstić information content (AvgIpc) is 2.77. The molecule has 0 radical (unpaired) electrons. The molecular weight excluding hydrogens is 250 g/mol. The zero-order chi connectivity index (χ0) is 13.0. The molecule has 1 N–H and O–H groups in total. The zero-order valence-electron chi connectivity index (χ0n) is 10.1. The van der Waals surface area contributed by atoms with Crippen LogP contribution in [0.15, 0.2) is 30.3 Å². The largest absolute Gasteiger partial charge is 0.367 e. The third-order valence-corrected chi connectivity index (χ3v) is 3.09. The van der Waals surface area contributed by atoms with Crippen LogP contribution in [0.5, 0.6) is 0 Å². The number of hydrogen-bond acceptors (Lipinski definition) is 5. The number of anilines is 1. The van der Waals surface area contributed by atoms with Crippen LogP contribution in [0.3, 0.4) is 0 Å². The monoisotopic (exact) mass is 263 g/mol. The van der Waals surface area contributed by atoms with Gasteiger partial charge in [-0.2, -0.15) is 0 Å². The first-order valence-electron chi connectivity index (χ1n) is 5.39. The predicted octanol–water partition coefficient (Wildman–Crippen LogP) is 2.17. The van der Waals surface area contributed by atoms with Gasteiger partial charge in [-0.3, -0.25) is 10.1 Å². The molecule has 1 amide bonds. The first-order valence-corrected chi connectivity index (χ1v) is 6.21. The van der Waals surface area contributed by atoms with Crippen molar-refractivity contribution in [3.05, 3.63) is 40.9 Å². The Hall–Kier alpha value is -1.79. The molecule has 6 heteroatoms. The lowest BCUT2D eigenvalue weighted by atomic mass is 10.1. The molecule has 5 nitrogen and oxygen atoms in total. The molecule has 0 saturated heterocycles. The minimum absolute atomic E-state index is 0.250. The number of carbonyl (C=O) groups is 1. The summed E-state index contributed by atoms with van der Waals surface area (Å²) in [4.78, 5) is 12.1. The van der Waals surface area contributed by atoms with E-state index in [4.69, 9.17) is 4.74 Å². The molecule has 0 bridgehead atoms. The summed E-state index contributed by atoms with van der Waals surface area (Å²) in [5.74, 6) is -0.250. The van der Waals surface area contributed by atoms with Crippen molar-refractivity contribution in [1.29, 1.82) is 0 Å². The van der Waals surface area contributed by atoms with Crippen LogP contribution >= 0.6 is 11.3 Å². The Morgan fingerprint density at radius 2 is 2.06 bits per heavy atom. The first-order chi connectivity index (χ1) is 8.70. The molecule has 0 aliphatic rings. The van der Waals surface area contributed by atoms with Gasteiger partial charge in [0.2, 0.25) is 5.13 Å². The summed E-state index contributed by atoms with van der Waals surface area (Å²) < 4.78 is 5.22. The van der Waals surface area contributed by atoms with Crippen molar-refractivity contribution in [3.63, 3.8) is 0 Å².